The summed E-state index contributed by atoms with van der Waals surface area (Å²) in [5.74, 6) is 0.491. The number of allylic oxidation sites excluding steroid dienone is 1. The number of pyridine rings is 1. The van der Waals surface area contributed by atoms with E-state index >= 15 is 0 Å². The van der Waals surface area contributed by atoms with Gasteiger partial charge in [0.05, 0.1) is 0 Å². The van der Waals surface area contributed by atoms with Crippen LogP contribution in [0.3, 0.4) is 0 Å². The second-order valence-electron chi connectivity index (χ2n) is 4.82. The van der Waals surface area contributed by atoms with E-state index in [0.717, 1.165) is 12.0 Å². The van der Waals surface area contributed by atoms with Gasteiger partial charge in [0.2, 0.25) is 0 Å². The highest BCUT2D eigenvalue weighted by Crippen LogP contribution is 2.15. The fourth-order valence-electron chi connectivity index (χ4n) is 1.65. The smallest absolute Gasteiger partial charge is 0.0340 e. The van der Waals surface area contributed by atoms with E-state index in [9.17, 15) is 0 Å². The van der Waals surface area contributed by atoms with Gasteiger partial charge in [-0.15, -0.1) is 0 Å². The summed E-state index contributed by atoms with van der Waals surface area (Å²) < 4.78 is 0. The standard InChI is InChI=1S/C13H20N2/c1-11(9-13(2,3)14)6-7-12-5-4-8-15-10-12/h4-8,10-11H,9,14H2,1-3H3/b7-6-. The Balaban J connectivity index is 2.52. The van der Waals surface area contributed by atoms with Crippen molar-refractivity contribution in [2.45, 2.75) is 32.7 Å². The number of rotatable bonds is 4. The van der Waals surface area contributed by atoms with E-state index in [1.54, 1.807) is 6.20 Å². The van der Waals surface area contributed by atoms with Crippen LogP contribution in [0, 0.1) is 5.92 Å². The van der Waals surface area contributed by atoms with Gasteiger partial charge in [0.25, 0.3) is 0 Å². The van der Waals surface area contributed by atoms with E-state index in [1.165, 1.54) is 0 Å². The van der Waals surface area contributed by atoms with Crippen LogP contribution in [0.1, 0.15) is 32.8 Å². The normalized spacial score (nSPS) is 14.4. The van der Waals surface area contributed by atoms with Gasteiger partial charge in [-0.25, -0.2) is 0 Å². The molecule has 1 aromatic rings. The molecule has 1 unspecified atom stereocenters. The van der Waals surface area contributed by atoms with E-state index in [4.69, 9.17) is 5.73 Å². The lowest BCUT2D eigenvalue weighted by atomic mass is 9.92. The molecule has 0 aromatic carbocycles. The average molecular weight is 204 g/mol. The minimum Gasteiger partial charge on any atom is -0.326 e. The molecular weight excluding hydrogens is 184 g/mol. The minimum absolute atomic E-state index is 0.0985. The van der Waals surface area contributed by atoms with Crippen LogP contribution in [0.4, 0.5) is 0 Å². The number of nitrogens with two attached hydrogens (primary N) is 1. The molecule has 0 saturated heterocycles. The maximum atomic E-state index is 5.96. The molecule has 0 bridgehead atoms. The van der Waals surface area contributed by atoms with Crippen LogP contribution in [-0.4, -0.2) is 10.5 Å². The third-order valence-electron chi connectivity index (χ3n) is 2.15. The summed E-state index contributed by atoms with van der Waals surface area (Å²) in [6, 6.07) is 3.99. The van der Waals surface area contributed by atoms with Crippen molar-refractivity contribution in [3.63, 3.8) is 0 Å². The van der Waals surface area contributed by atoms with Gasteiger partial charge in [0.1, 0.15) is 0 Å². The first-order chi connectivity index (χ1) is 6.97. The summed E-state index contributed by atoms with van der Waals surface area (Å²) in [5, 5.41) is 0. The summed E-state index contributed by atoms with van der Waals surface area (Å²) >= 11 is 0. The van der Waals surface area contributed by atoms with Gasteiger partial charge < -0.3 is 5.73 Å². The van der Waals surface area contributed by atoms with Gasteiger partial charge in [0, 0.05) is 17.9 Å². The highest BCUT2D eigenvalue weighted by Gasteiger charge is 2.13. The minimum atomic E-state index is -0.0985. The van der Waals surface area contributed by atoms with E-state index in [2.05, 4.69) is 37.9 Å². The van der Waals surface area contributed by atoms with Crippen molar-refractivity contribution in [2.75, 3.05) is 0 Å². The van der Waals surface area contributed by atoms with Gasteiger partial charge in [-0.3, -0.25) is 4.98 Å². The molecule has 1 atom stereocenters. The third kappa shape index (κ3) is 5.33. The molecule has 0 amide bonds. The lowest BCUT2D eigenvalue weighted by Gasteiger charge is -2.21. The Morgan fingerprint density at radius 3 is 2.80 bits per heavy atom. The SMILES string of the molecule is CC(/C=C\c1cccnc1)CC(C)(C)N. The fourth-order valence-corrected chi connectivity index (χ4v) is 1.65. The maximum Gasteiger partial charge on any atom is 0.0340 e. The van der Waals surface area contributed by atoms with E-state index in [0.29, 0.717) is 5.92 Å². The molecule has 0 saturated carbocycles. The molecule has 0 spiro atoms. The molecule has 1 aromatic heterocycles. The van der Waals surface area contributed by atoms with Crippen LogP contribution >= 0.6 is 0 Å². The largest absolute Gasteiger partial charge is 0.326 e. The zero-order valence-electron chi connectivity index (χ0n) is 9.77. The van der Waals surface area contributed by atoms with E-state index < -0.39 is 0 Å². The molecule has 1 heterocycles. The topological polar surface area (TPSA) is 38.9 Å². The Morgan fingerprint density at radius 2 is 2.27 bits per heavy atom. The molecule has 15 heavy (non-hydrogen) atoms. The molecular formula is C13H20N2. The molecule has 0 aliphatic rings. The van der Waals surface area contributed by atoms with Gasteiger partial charge in [-0.2, -0.15) is 0 Å². The summed E-state index contributed by atoms with van der Waals surface area (Å²) in [6.45, 7) is 6.30. The molecule has 0 fully saturated rings. The highest BCUT2D eigenvalue weighted by atomic mass is 14.7. The van der Waals surface area contributed by atoms with Crippen LogP contribution in [0.5, 0.6) is 0 Å². The molecule has 0 aliphatic carbocycles. The zero-order chi connectivity index (χ0) is 11.3. The number of aromatic nitrogens is 1. The van der Waals surface area contributed by atoms with Gasteiger partial charge in [-0.05, 0) is 37.8 Å². The van der Waals surface area contributed by atoms with Crippen LogP contribution in [0.25, 0.3) is 6.08 Å². The first-order valence-corrected chi connectivity index (χ1v) is 5.34. The van der Waals surface area contributed by atoms with Gasteiger partial charge >= 0.3 is 0 Å². The van der Waals surface area contributed by atoms with Crippen LogP contribution in [-0.2, 0) is 0 Å². The Morgan fingerprint density at radius 1 is 1.53 bits per heavy atom. The van der Waals surface area contributed by atoms with Crippen molar-refractivity contribution in [3.8, 4) is 0 Å². The number of hydrogen-bond acceptors (Lipinski definition) is 2. The number of hydrogen-bond donors (Lipinski definition) is 1. The molecule has 1 rings (SSSR count). The maximum absolute atomic E-state index is 5.96. The van der Waals surface area contributed by atoms with Crippen LogP contribution < -0.4 is 5.73 Å². The van der Waals surface area contributed by atoms with Crippen molar-refractivity contribution >= 4 is 6.08 Å². The van der Waals surface area contributed by atoms with E-state index in [-0.39, 0.29) is 5.54 Å². The average Bonchev–Trinajstić information content (AvgIpc) is 2.14. The van der Waals surface area contributed by atoms with Crippen molar-refractivity contribution in [3.05, 3.63) is 36.2 Å². The predicted octanol–water partition coefficient (Wildman–Crippen LogP) is 2.86. The lowest BCUT2D eigenvalue weighted by Crippen LogP contribution is -2.33. The molecule has 82 valence electrons. The summed E-state index contributed by atoms with van der Waals surface area (Å²) in [5.41, 5.74) is 7.00. The first kappa shape index (κ1) is 11.9. The Labute approximate surface area is 92.2 Å². The molecule has 0 aliphatic heterocycles. The monoisotopic (exact) mass is 204 g/mol. The molecule has 0 radical (unpaired) electrons. The Bertz CT molecular complexity index is 309. The zero-order valence-corrected chi connectivity index (χ0v) is 9.77. The highest BCUT2D eigenvalue weighted by molar-refractivity contribution is 5.47. The van der Waals surface area contributed by atoms with E-state index in [1.807, 2.05) is 18.3 Å². The quantitative estimate of drug-likeness (QED) is 0.819. The van der Waals surface area contributed by atoms with Crippen molar-refractivity contribution < 1.29 is 0 Å². The first-order valence-electron chi connectivity index (χ1n) is 5.34. The third-order valence-corrected chi connectivity index (χ3v) is 2.15. The van der Waals surface area contributed by atoms with Gasteiger partial charge in [-0.1, -0.05) is 25.1 Å². The Hall–Kier alpha value is -1.15. The Kier molecular flexibility index (Phi) is 4.04. The van der Waals surface area contributed by atoms with Gasteiger partial charge in [0.15, 0.2) is 0 Å². The van der Waals surface area contributed by atoms with Crippen molar-refractivity contribution in [2.24, 2.45) is 11.7 Å². The number of nitrogens with zero attached hydrogens (tertiary/aromatic N) is 1. The van der Waals surface area contributed by atoms with Crippen molar-refractivity contribution in [1.82, 2.24) is 4.98 Å². The molecule has 2 N–H and O–H groups in total. The van der Waals surface area contributed by atoms with Crippen LogP contribution in [0.15, 0.2) is 30.6 Å². The van der Waals surface area contributed by atoms with Crippen LogP contribution in [0.2, 0.25) is 0 Å². The fraction of sp³-hybridized carbons (Fsp3) is 0.462. The second-order valence-corrected chi connectivity index (χ2v) is 4.82. The molecule has 2 heteroatoms. The summed E-state index contributed by atoms with van der Waals surface area (Å²) in [4.78, 5) is 4.06. The summed E-state index contributed by atoms with van der Waals surface area (Å²) in [6.07, 6.45) is 8.92. The lowest BCUT2D eigenvalue weighted by molar-refractivity contribution is 0.423. The molecule has 2 nitrogen and oxygen atoms in total. The second kappa shape index (κ2) is 5.08. The van der Waals surface area contributed by atoms with Crippen molar-refractivity contribution in [1.29, 1.82) is 0 Å². The summed E-state index contributed by atoms with van der Waals surface area (Å²) in [7, 11) is 0. The predicted molar refractivity (Wildman–Crippen MR) is 65.3 cm³/mol.